The van der Waals surface area contributed by atoms with Crippen LogP contribution in [-0.2, 0) is 9.53 Å². The molecule has 28 heavy (non-hydrogen) atoms. The highest BCUT2D eigenvalue weighted by atomic mass is 35.5. The number of anilines is 1. The molecule has 2 heterocycles. The Labute approximate surface area is 163 Å². The molecule has 1 aromatic carbocycles. The number of esters is 1. The zero-order chi connectivity index (χ0) is 20.3. The fourth-order valence-corrected chi connectivity index (χ4v) is 2.69. The molecule has 7 nitrogen and oxygen atoms in total. The summed E-state index contributed by atoms with van der Waals surface area (Å²) in [4.78, 5) is 24.3. The topological polar surface area (TPSA) is 97.3 Å². The highest BCUT2D eigenvalue weighted by molar-refractivity contribution is 6.30. The van der Waals surface area contributed by atoms with Gasteiger partial charge in [-0.25, -0.2) is 9.18 Å². The van der Waals surface area contributed by atoms with Gasteiger partial charge in [0.25, 0.3) is 5.91 Å². The van der Waals surface area contributed by atoms with Crippen molar-refractivity contribution in [2.45, 2.75) is 6.92 Å². The van der Waals surface area contributed by atoms with Crippen molar-refractivity contribution in [2.75, 3.05) is 11.9 Å². The molecule has 0 unspecified atom stereocenters. The Balaban J connectivity index is 1.72. The van der Waals surface area contributed by atoms with Crippen molar-refractivity contribution in [3.8, 4) is 12.0 Å². The number of carbonyl (C=O) groups is 2. The molecular formula is C19H13ClFN3O4. The highest BCUT2D eigenvalue weighted by Gasteiger charge is 2.26. The summed E-state index contributed by atoms with van der Waals surface area (Å²) in [5.41, 5.74) is -0.228. The number of amides is 1. The number of ether oxygens (including phenoxy) is 1. The van der Waals surface area contributed by atoms with Crippen molar-refractivity contribution in [3.63, 3.8) is 0 Å². The summed E-state index contributed by atoms with van der Waals surface area (Å²) < 4.78 is 25.7. The van der Waals surface area contributed by atoms with Crippen LogP contribution in [0.4, 0.5) is 10.1 Å². The van der Waals surface area contributed by atoms with Crippen LogP contribution < -0.4 is 5.32 Å². The lowest BCUT2D eigenvalue weighted by Crippen LogP contribution is -2.22. The molecule has 9 heteroatoms. The van der Waals surface area contributed by atoms with E-state index < -0.39 is 24.3 Å². The Hall–Kier alpha value is -3.57. The molecule has 142 valence electrons. The summed E-state index contributed by atoms with van der Waals surface area (Å²) >= 11 is 5.76. The molecule has 0 saturated carbocycles. The van der Waals surface area contributed by atoms with E-state index in [4.69, 9.17) is 20.8 Å². The lowest BCUT2D eigenvalue weighted by atomic mass is 10.1. The molecule has 3 aromatic rings. The predicted octanol–water partition coefficient (Wildman–Crippen LogP) is 3.84. The van der Waals surface area contributed by atoms with Crippen molar-refractivity contribution >= 4 is 29.2 Å². The van der Waals surface area contributed by atoms with Gasteiger partial charge in [-0.3, -0.25) is 9.36 Å². The number of benzene rings is 1. The first-order chi connectivity index (χ1) is 13.4. The van der Waals surface area contributed by atoms with Crippen molar-refractivity contribution in [3.05, 3.63) is 70.5 Å². The van der Waals surface area contributed by atoms with E-state index in [1.165, 1.54) is 23.6 Å². The van der Waals surface area contributed by atoms with Gasteiger partial charge < -0.3 is 14.5 Å². The zero-order valence-corrected chi connectivity index (χ0v) is 15.3. The van der Waals surface area contributed by atoms with Gasteiger partial charge in [0.2, 0.25) is 5.88 Å². The number of furan rings is 1. The van der Waals surface area contributed by atoms with E-state index >= 15 is 0 Å². The van der Waals surface area contributed by atoms with Crippen LogP contribution in [0.5, 0.6) is 0 Å². The van der Waals surface area contributed by atoms with Crippen molar-refractivity contribution in [2.24, 2.45) is 0 Å². The molecule has 0 spiro atoms. The summed E-state index contributed by atoms with van der Waals surface area (Å²) in [5, 5.41) is 11.9. The number of aromatic nitrogens is 1. The van der Waals surface area contributed by atoms with Gasteiger partial charge in [-0.15, -0.1) is 0 Å². The van der Waals surface area contributed by atoms with Gasteiger partial charge in [0, 0.05) is 17.4 Å². The minimum absolute atomic E-state index is 0.0139. The molecule has 0 radical (unpaired) electrons. The maximum Gasteiger partial charge on any atom is 0.343 e. The van der Waals surface area contributed by atoms with Gasteiger partial charge in [-0.1, -0.05) is 11.6 Å². The quantitative estimate of drug-likeness (QED) is 0.655. The van der Waals surface area contributed by atoms with Gasteiger partial charge in [0.1, 0.15) is 28.8 Å². The van der Waals surface area contributed by atoms with E-state index in [-0.39, 0.29) is 33.5 Å². The Morgan fingerprint density at radius 3 is 2.75 bits per heavy atom. The Morgan fingerprint density at radius 1 is 1.36 bits per heavy atom. The van der Waals surface area contributed by atoms with Crippen molar-refractivity contribution in [1.82, 2.24) is 4.57 Å². The standard InChI is InChI=1S/C19H13ClFN3O4/c1-11-17(13(9-22)18(28-11)24-6-2-3-7-24)19(26)27-10-16(25)23-15-8-12(20)4-5-14(15)21/h2-8H,10H2,1H3,(H,23,25). The molecule has 0 aliphatic carbocycles. The first-order valence-corrected chi connectivity index (χ1v) is 8.37. The normalized spacial score (nSPS) is 10.4. The summed E-state index contributed by atoms with van der Waals surface area (Å²) in [6.07, 6.45) is 3.31. The molecule has 0 atom stereocenters. The van der Waals surface area contributed by atoms with Gasteiger partial charge in [-0.2, -0.15) is 5.26 Å². The number of hydrogen-bond acceptors (Lipinski definition) is 5. The Kier molecular flexibility index (Phi) is 5.47. The maximum atomic E-state index is 13.7. The predicted molar refractivity (Wildman–Crippen MR) is 97.8 cm³/mol. The van der Waals surface area contributed by atoms with Crippen molar-refractivity contribution < 1.29 is 23.1 Å². The lowest BCUT2D eigenvalue weighted by molar-refractivity contribution is -0.119. The number of rotatable bonds is 5. The molecule has 1 N–H and O–H groups in total. The van der Waals surface area contributed by atoms with Gasteiger partial charge in [0.05, 0.1) is 5.69 Å². The zero-order valence-electron chi connectivity index (χ0n) is 14.5. The third-order valence-electron chi connectivity index (χ3n) is 3.76. The molecule has 0 aliphatic heterocycles. The van der Waals surface area contributed by atoms with E-state index in [1.54, 1.807) is 24.5 Å². The fraction of sp³-hybridized carbons (Fsp3) is 0.105. The molecule has 0 aliphatic rings. The SMILES string of the molecule is Cc1oc(-n2cccc2)c(C#N)c1C(=O)OCC(=O)Nc1cc(Cl)ccc1F. The molecule has 0 saturated heterocycles. The number of nitrogens with zero attached hydrogens (tertiary/aromatic N) is 2. The number of nitrogens with one attached hydrogen (secondary N) is 1. The van der Waals surface area contributed by atoms with Crippen LogP contribution in [0.1, 0.15) is 21.7 Å². The number of carbonyl (C=O) groups excluding carboxylic acids is 2. The summed E-state index contributed by atoms with van der Waals surface area (Å²) in [7, 11) is 0. The van der Waals surface area contributed by atoms with E-state index in [0.717, 1.165) is 6.07 Å². The van der Waals surface area contributed by atoms with Crippen LogP contribution in [0.15, 0.2) is 47.1 Å². The van der Waals surface area contributed by atoms with E-state index in [9.17, 15) is 19.2 Å². The Bertz CT molecular complexity index is 1080. The Morgan fingerprint density at radius 2 is 2.07 bits per heavy atom. The molecule has 1 amide bonds. The third-order valence-corrected chi connectivity index (χ3v) is 3.99. The van der Waals surface area contributed by atoms with Gasteiger partial charge in [-0.05, 0) is 37.3 Å². The van der Waals surface area contributed by atoms with Crippen LogP contribution in [-0.4, -0.2) is 23.1 Å². The average molecular weight is 402 g/mol. The van der Waals surface area contributed by atoms with E-state index in [1.807, 2.05) is 6.07 Å². The lowest BCUT2D eigenvalue weighted by Gasteiger charge is -2.07. The first-order valence-electron chi connectivity index (χ1n) is 7.99. The van der Waals surface area contributed by atoms with Crippen LogP contribution in [0.3, 0.4) is 0 Å². The van der Waals surface area contributed by atoms with Crippen LogP contribution in [0.25, 0.3) is 5.88 Å². The van der Waals surface area contributed by atoms with Gasteiger partial charge in [0.15, 0.2) is 6.61 Å². The smallest absolute Gasteiger partial charge is 0.343 e. The van der Waals surface area contributed by atoms with E-state index in [2.05, 4.69) is 5.32 Å². The van der Waals surface area contributed by atoms with Crippen LogP contribution >= 0.6 is 11.6 Å². The molecular weight excluding hydrogens is 389 g/mol. The number of hydrogen-bond donors (Lipinski definition) is 1. The van der Waals surface area contributed by atoms with Crippen LogP contribution in [0, 0.1) is 24.1 Å². The van der Waals surface area contributed by atoms with E-state index in [0.29, 0.717) is 0 Å². The third kappa shape index (κ3) is 3.89. The summed E-state index contributed by atoms with van der Waals surface area (Å²) in [5.74, 6) is -2.01. The number of aryl methyl sites for hydroxylation is 1. The summed E-state index contributed by atoms with van der Waals surface area (Å²) in [6, 6.07) is 9.04. The highest BCUT2D eigenvalue weighted by Crippen LogP contribution is 2.26. The second-order valence-electron chi connectivity index (χ2n) is 5.66. The number of nitriles is 1. The first kappa shape index (κ1) is 19.2. The minimum atomic E-state index is -0.905. The van der Waals surface area contributed by atoms with Crippen molar-refractivity contribution in [1.29, 1.82) is 5.26 Å². The monoisotopic (exact) mass is 401 g/mol. The minimum Gasteiger partial charge on any atom is -0.452 e. The second kappa shape index (κ2) is 7.98. The molecule has 0 bridgehead atoms. The summed E-state index contributed by atoms with van der Waals surface area (Å²) in [6.45, 7) is 0.824. The molecule has 0 fully saturated rings. The second-order valence-corrected chi connectivity index (χ2v) is 6.10. The maximum absolute atomic E-state index is 13.7. The van der Waals surface area contributed by atoms with Crippen LogP contribution in [0.2, 0.25) is 5.02 Å². The average Bonchev–Trinajstić information content (AvgIpc) is 3.30. The number of halogens is 2. The molecule has 2 aromatic heterocycles. The van der Waals surface area contributed by atoms with Gasteiger partial charge >= 0.3 is 5.97 Å². The largest absolute Gasteiger partial charge is 0.452 e. The fourth-order valence-electron chi connectivity index (χ4n) is 2.51. The molecule has 3 rings (SSSR count).